The number of hydrogen-bond acceptors (Lipinski definition) is 3. The van der Waals surface area contributed by atoms with Crippen LogP contribution in [0, 0.1) is 0 Å². The van der Waals surface area contributed by atoms with Gasteiger partial charge in [-0.3, -0.25) is 0 Å². The van der Waals surface area contributed by atoms with Crippen molar-refractivity contribution in [3.05, 3.63) is 23.9 Å². The lowest BCUT2D eigenvalue weighted by Gasteiger charge is -2.24. The number of hydrogen-bond donors (Lipinski definition) is 1. The first-order valence-corrected chi connectivity index (χ1v) is 6.61. The van der Waals surface area contributed by atoms with Crippen molar-refractivity contribution in [1.29, 1.82) is 0 Å². The van der Waals surface area contributed by atoms with Crippen molar-refractivity contribution in [3.63, 3.8) is 0 Å². The van der Waals surface area contributed by atoms with Gasteiger partial charge in [0.1, 0.15) is 5.60 Å². The Morgan fingerprint density at radius 2 is 1.83 bits per heavy atom. The van der Waals surface area contributed by atoms with Gasteiger partial charge in [-0.2, -0.15) is 0 Å². The molecule has 0 radical (unpaired) electrons. The van der Waals surface area contributed by atoms with E-state index in [0.29, 0.717) is 5.88 Å². The van der Waals surface area contributed by atoms with Crippen LogP contribution >= 0.6 is 0 Å². The van der Waals surface area contributed by atoms with E-state index >= 15 is 0 Å². The van der Waals surface area contributed by atoms with Gasteiger partial charge in [-0.1, -0.05) is 13.0 Å². The standard InChI is InChI=1S/C15H26N2O/c1-7-15(5,6)17-11-12-8-9-13(16-10-12)18-14(2,3)4/h8-10,17H,7,11H2,1-6H3. The van der Waals surface area contributed by atoms with E-state index in [9.17, 15) is 0 Å². The van der Waals surface area contributed by atoms with Gasteiger partial charge in [0.2, 0.25) is 5.88 Å². The topological polar surface area (TPSA) is 34.1 Å². The van der Waals surface area contributed by atoms with Crippen LogP contribution in [0.15, 0.2) is 18.3 Å². The molecule has 0 atom stereocenters. The van der Waals surface area contributed by atoms with Gasteiger partial charge in [0, 0.05) is 24.3 Å². The molecule has 0 aliphatic rings. The fourth-order valence-corrected chi connectivity index (χ4v) is 1.36. The summed E-state index contributed by atoms with van der Waals surface area (Å²) < 4.78 is 5.69. The van der Waals surface area contributed by atoms with Gasteiger partial charge in [0.15, 0.2) is 0 Å². The maximum absolute atomic E-state index is 5.69. The second-order valence-electron chi connectivity index (χ2n) is 6.31. The number of nitrogens with one attached hydrogen (secondary N) is 1. The zero-order valence-corrected chi connectivity index (χ0v) is 12.5. The highest BCUT2D eigenvalue weighted by atomic mass is 16.5. The summed E-state index contributed by atoms with van der Waals surface area (Å²) in [5.41, 5.74) is 1.15. The minimum absolute atomic E-state index is 0.167. The summed E-state index contributed by atoms with van der Waals surface area (Å²) in [6, 6.07) is 3.99. The third kappa shape index (κ3) is 5.50. The lowest BCUT2D eigenvalue weighted by Crippen LogP contribution is -2.37. The molecule has 1 aromatic rings. The molecule has 3 nitrogen and oxygen atoms in total. The van der Waals surface area contributed by atoms with Crippen molar-refractivity contribution in [1.82, 2.24) is 10.3 Å². The average Bonchev–Trinajstić information content (AvgIpc) is 2.26. The Morgan fingerprint density at radius 3 is 2.28 bits per heavy atom. The third-order valence-electron chi connectivity index (χ3n) is 2.86. The normalized spacial score (nSPS) is 12.6. The molecule has 0 aliphatic carbocycles. The van der Waals surface area contributed by atoms with Crippen molar-refractivity contribution < 1.29 is 4.74 Å². The van der Waals surface area contributed by atoms with Crippen LogP contribution in [0.2, 0.25) is 0 Å². The lowest BCUT2D eigenvalue weighted by atomic mass is 10.0. The van der Waals surface area contributed by atoms with Crippen molar-refractivity contribution in [2.75, 3.05) is 0 Å². The van der Waals surface area contributed by atoms with Crippen molar-refractivity contribution >= 4 is 0 Å². The van der Waals surface area contributed by atoms with Crippen LogP contribution < -0.4 is 10.1 Å². The van der Waals surface area contributed by atoms with Crippen molar-refractivity contribution in [3.8, 4) is 5.88 Å². The summed E-state index contributed by atoms with van der Waals surface area (Å²) in [5, 5.41) is 3.51. The molecule has 0 aromatic carbocycles. The summed E-state index contributed by atoms with van der Waals surface area (Å²) in [7, 11) is 0. The summed E-state index contributed by atoms with van der Waals surface area (Å²) in [6.45, 7) is 13.5. The molecular formula is C15H26N2O. The second kappa shape index (κ2) is 5.70. The van der Waals surface area contributed by atoms with E-state index in [0.717, 1.165) is 13.0 Å². The first-order chi connectivity index (χ1) is 8.22. The highest BCUT2D eigenvalue weighted by molar-refractivity contribution is 5.18. The fourth-order valence-electron chi connectivity index (χ4n) is 1.36. The molecule has 0 amide bonds. The Kier molecular flexibility index (Phi) is 4.74. The average molecular weight is 250 g/mol. The maximum atomic E-state index is 5.69. The number of aromatic nitrogens is 1. The minimum atomic E-state index is -0.197. The van der Waals surface area contributed by atoms with Gasteiger partial charge >= 0.3 is 0 Å². The lowest BCUT2D eigenvalue weighted by molar-refractivity contribution is 0.124. The predicted molar refractivity (Wildman–Crippen MR) is 75.8 cm³/mol. The van der Waals surface area contributed by atoms with E-state index in [2.05, 4.69) is 37.1 Å². The molecule has 0 unspecified atom stereocenters. The van der Waals surface area contributed by atoms with E-state index in [1.54, 1.807) is 0 Å². The smallest absolute Gasteiger partial charge is 0.213 e. The van der Waals surface area contributed by atoms with Crippen LogP contribution in [0.1, 0.15) is 53.5 Å². The van der Waals surface area contributed by atoms with Crippen LogP contribution in [0.3, 0.4) is 0 Å². The Hall–Kier alpha value is -1.09. The molecule has 102 valence electrons. The highest BCUT2D eigenvalue weighted by Crippen LogP contribution is 2.16. The monoisotopic (exact) mass is 250 g/mol. The fraction of sp³-hybridized carbons (Fsp3) is 0.667. The van der Waals surface area contributed by atoms with Crippen LogP contribution in [0.5, 0.6) is 5.88 Å². The molecule has 0 bridgehead atoms. The molecule has 0 aliphatic heterocycles. The number of pyridine rings is 1. The molecule has 0 spiro atoms. The van der Waals surface area contributed by atoms with Gasteiger partial charge in [-0.15, -0.1) is 0 Å². The summed E-state index contributed by atoms with van der Waals surface area (Å²) >= 11 is 0. The van der Waals surface area contributed by atoms with E-state index < -0.39 is 0 Å². The van der Waals surface area contributed by atoms with E-state index in [4.69, 9.17) is 4.74 Å². The van der Waals surface area contributed by atoms with Crippen LogP contribution in [0.4, 0.5) is 0 Å². The van der Waals surface area contributed by atoms with Crippen molar-refractivity contribution in [2.45, 2.75) is 65.6 Å². The second-order valence-corrected chi connectivity index (χ2v) is 6.31. The number of rotatable bonds is 5. The predicted octanol–water partition coefficient (Wildman–Crippen LogP) is 3.54. The molecule has 0 saturated carbocycles. The highest BCUT2D eigenvalue weighted by Gasteiger charge is 2.14. The van der Waals surface area contributed by atoms with Crippen LogP contribution in [0.25, 0.3) is 0 Å². The largest absolute Gasteiger partial charge is 0.472 e. The first kappa shape index (κ1) is 15.0. The molecule has 3 heteroatoms. The van der Waals surface area contributed by atoms with Gasteiger partial charge in [-0.25, -0.2) is 4.98 Å². The molecule has 1 heterocycles. The molecule has 0 fully saturated rings. The zero-order valence-electron chi connectivity index (χ0n) is 12.5. The Morgan fingerprint density at radius 1 is 1.17 bits per heavy atom. The molecule has 0 saturated heterocycles. The molecule has 1 N–H and O–H groups in total. The Bertz CT molecular complexity index is 363. The summed E-state index contributed by atoms with van der Waals surface area (Å²) in [5.74, 6) is 0.681. The third-order valence-corrected chi connectivity index (χ3v) is 2.86. The molecule has 1 aromatic heterocycles. The number of ether oxygens (including phenoxy) is 1. The number of nitrogens with zero attached hydrogens (tertiary/aromatic N) is 1. The molecule has 18 heavy (non-hydrogen) atoms. The van der Waals surface area contributed by atoms with Gasteiger partial charge in [0.25, 0.3) is 0 Å². The van der Waals surface area contributed by atoms with E-state index in [1.165, 1.54) is 5.56 Å². The maximum Gasteiger partial charge on any atom is 0.213 e. The molecule has 1 rings (SSSR count). The van der Waals surface area contributed by atoms with Crippen LogP contribution in [-0.4, -0.2) is 16.1 Å². The van der Waals surface area contributed by atoms with Gasteiger partial charge in [0.05, 0.1) is 0 Å². The van der Waals surface area contributed by atoms with Gasteiger partial charge in [-0.05, 0) is 46.6 Å². The van der Waals surface area contributed by atoms with E-state index in [-0.39, 0.29) is 11.1 Å². The van der Waals surface area contributed by atoms with E-state index in [1.807, 2.05) is 33.0 Å². The zero-order chi connectivity index (χ0) is 13.8. The van der Waals surface area contributed by atoms with Crippen LogP contribution in [-0.2, 0) is 6.54 Å². The van der Waals surface area contributed by atoms with Gasteiger partial charge < -0.3 is 10.1 Å². The minimum Gasteiger partial charge on any atom is -0.472 e. The Balaban J connectivity index is 2.56. The first-order valence-electron chi connectivity index (χ1n) is 6.61. The SMILES string of the molecule is CCC(C)(C)NCc1ccc(OC(C)(C)C)nc1. The quantitative estimate of drug-likeness (QED) is 0.868. The van der Waals surface area contributed by atoms with Crippen molar-refractivity contribution in [2.24, 2.45) is 0 Å². The Labute approximate surface area is 111 Å². The molecular weight excluding hydrogens is 224 g/mol. The summed E-state index contributed by atoms with van der Waals surface area (Å²) in [6.07, 6.45) is 2.98. The summed E-state index contributed by atoms with van der Waals surface area (Å²) in [4.78, 5) is 4.33.